The van der Waals surface area contributed by atoms with Gasteiger partial charge in [-0.2, -0.15) is 0 Å². The predicted octanol–water partition coefficient (Wildman–Crippen LogP) is 5.90. The SMILES string of the molecule is C=C/C(=C\C)c1ccc(C2CCN(C(=O)c3ccc(C)c(NC(=O)C(C)F)c3)CC2)cc1. The van der Waals surface area contributed by atoms with Gasteiger partial charge in [-0.3, -0.25) is 9.59 Å². The number of hydrogen-bond donors (Lipinski definition) is 1. The van der Waals surface area contributed by atoms with E-state index in [0.29, 0.717) is 30.3 Å². The minimum Gasteiger partial charge on any atom is -0.339 e. The highest BCUT2D eigenvalue weighted by Gasteiger charge is 2.25. The number of carbonyl (C=O) groups excluding carboxylic acids is 2. The van der Waals surface area contributed by atoms with Crippen molar-refractivity contribution in [1.29, 1.82) is 0 Å². The first-order valence-corrected chi connectivity index (χ1v) is 11.1. The first kappa shape index (κ1) is 23.5. The number of alkyl halides is 1. The number of benzene rings is 2. The molecule has 1 atom stereocenters. The average molecular weight is 435 g/mol. The number of piperidine rings is 1. The van der Waals surface area contributed by atoms with Gasteiger partial charge in [0.1, 0.15) is 0 Å². The van der Waals surface area contributed by atoms with Crippen molar-refractivity contribution in [1.82, 2.24) is 4.90 Å². The van der Waals surface area contributed by atoms with Gasteiger partial charge in [-0.05, 0) is 73.9 Å². The molecule has 2 aromatic rings. The Hall–Kier alpha value is -3.21. The smallest absolute Gasteiger partial charge is 0.258 e. The molecule has 0 aliphatic carbocycles. The van der Waals surface area contributed by atoms with Crippen LogP contribution in [0.25, 0.3) is 5.57 Å². The molecule has 5 heteroatoms. The molecule has 4 nitrogen and oxygen atoms in total. The number of amides is 2. The van der Waals surface area contributed by atoms with Crippen LogP contribution in [-0.4, -0.2) is 36.0 Å². The number of aryl methyl sites for hydroxylation is 1. The van der Waals surface area contributed by atoms with E-state index in [-0.39, 0.29) is 5.91 Å². The number of nitrogens with zero attached hydrogens (tertiary/aromatic N) is 1. The Bertz CT molecular complexity index is 1020. The summed E-state index contributed by atoms with van der Waals surface area (Å²) in [4.78, 5) is 26.6. The monoisotopic (exact) mass is 434 g/mol. The van der Waals surface area contributed by atoms with E-state index in [2.05, 4.69) is 36.2 Å². The van der Waals surface area contributed by atoms with Crippen LogP contribution in [0.4, 0.5) is 10.1 Å². The summed E-state index contributed by atoms with van der Waals surface area (Å²) in [7, 11) is 0. The highest BCUT2D eigenvalue weighted by molar-refractivity contribution is 5.98. The summed E-state index contributed by atoms with van der Waals surface area (Å²) in [5, 5.41) is 2.56. The highest BCUT2D eigenvalue weighted by Crippen LogP contribution is 2.30. The van der Waals surface area contributed by atoms with Gasteiger partial charge in [-0.1, -0.05) is 49.1 Å². The minimum atomic E-state index is -1.61. The Balaban J connectivity index is 1.64. The van der Waals surface area contributed by atoms with Crippen LogP contribution in [0.15, 0.2) is 61.2 Å². The summed E-state index contributed by atoms with van der Waals surface area (Å²) in [6.45, 7) is 10.2. The Kier molecular flexibility index (Phi) is 7.62. The van der Waals surface area contributed by atoms with Gasteiger partial charge < -0.3 is 10.2 Å². The summed E-state index contributed by atoms with van der Waals surface area (Å²) in [6, 6.07) is 13.8. The van der Waals surface area contributed by atoms with Crippen molar-refractivity contribution in [3.8, 4) is 0 Å². The second-order valence-corrected chi connectivity index (χ2v) is 8.27. The fourth-order valence-electron chi connectivity index (χ4n) is 4.07. The molecule has 32 heavy (non-hydrogen) atoms. The van der Waals surface area contributed by atoms with Crippen LogP contribution in [0.5, 0.6) is 0 Å². The van der Waals surface area contributed by atoms with Crippen molar-refractivity contribution >= 4 is 23.1 Å². The maximum absolute atomic E-state index is 13.2. The molecule has 0 saturated carbocycles. The van der Waals surface area contributed by atoms with E-state index < -0.39 is 12.1 Å². The Morgan fingerprint density at radius 1 is 1.12 bits per heavy atom. The zero-order chi connectivity index (χ0) is 23.3. The lowest BCUT2D eigenvalue weighted by Gasteiger charge is -2.32. The molecule has 1 N–H and O–H groups in total. The normalized spacial score (nSPS) is 15.9. The van der Waals surface area contributed by atoms with E-state index in [4.69, 9.17) is 0 Å². The maximum Gasteiger partial charge on any atom is 0.258 e. The number of halogens is 1. The molecule has 0 radical (unpaired) electrons. The molecule has 1 aliphatic rings. The molecule has 1 heterocycles. The van der Waals surface area contributed by atoms with E-state index in [1.54, 1.807) is 18.2 Å². The molecule has 0 spiro atoms. The molecule has 1 unspecified atom stereocenters. The van der Waals surface area contributed by atoms with Gasteiger partial charge in [0, 0.05) is 24.3 Å². The summed E-state index contributed by atoms with van der Waals surface area (Å²) < 4.78 is 13.2. The molecule has 1 saturated heterocycles. The van der Waals surface area contributed by atoms with Crippen LogP contribution >= 0.6 is 0 Å². The van der Waals surface area contributed by atoms with Gasteiger partial charge in [0.2, 0.25) is 0 Å². The van der Waals surface area contributed by atoms with Crippen LogP contribution in [0.1, 0.15) is 59.7 Å². The molecule has 2 aromatic carbocycles. The Morgan fingerprint density at radius 2 is 1.75 bits per heavy atom. The number of hydrogen-bond acceptors (Lipinski definition) is 2. The van der Waals surface area contributed by atoms with Crippen molar-refractivity contribution in [2.45, 2.75) is 45.7 Å². The third-order valence-electron chi connectivity index (χ3n) is 6.13. The molecular formula is C27H31FN2O2. The maximum atomic E-state index is 13.2. The topological polar surface area (TPSA) is 49.4 Å². The first-order valence-electron chi connectivity index (χ1n) is 11.1. The van der Waals surface area contributed by atoms with Crippen molar-refractivity contribution in [3.05, 3.63) is 83.4 Å². The van der Waals surface area contributed by atoms with E-state index in [1.807, 2.05) is 30.9 Å². The largest absolute Gasteiger partial charge is 0.339 e. The number of rotatable bonds is 6. The molecule has 0 bridgehead atoms. The van der Waals surface area contributed by atoms with Gasteiger partial charge in [0.15, 0.2) is 6.17 Å². The Labute approximate surface area is 189 Å². The van der Waals surface area contributed by atoms with Crippen molar-refractivity contribution in [2.24, 2.45) is 0 Å². The number of carbonyl (C=O) groups is 2. The molecule has 1 fully saturated rings. The van der Waals surface area contributed by atoms with Crippen molar-refractivity contribution < 1.29 is 14.0 Å². The van der Waals surface area contributed by atoms with E-state index >= 15 is 0 Å². The van der Waals surface area contributed by atoms with Crippen molar-refractivity contribution in [3.63, 3.8) is 0 Å². The standard InChI is InChI=1S/C27H31FN2O2/c1-5-20(6-2)21-9-11-22(12-10-21)23-13-15-30(16-14-23)27(32)24-8-7-18(3)25(17-24)29-26(31)19(4)28/h5-12,17,19,23H,1,13-16H2,2-4H3,(H,29,31)/b20-6+. The predicted molar refractivity (Wildman–Crippen MR) is 129 cm³/mol. The quantitative estimate of drug-likeness (QED) is 0.576. The molecule has 0 aromatic heterocycles. The molecule has 1 aliphatic heterocycles. The third-order valence-corrected chi connectivity index (χ3v) is 6.13. The summed E-state index contributed by atoms with van der Waals surface area (Å²) in [5.41, 5.74) is 5.33. The molecule has 3 rings (SSSR count). The zero-order valence-electron chi connectivity index (χ0n) is 19.0. The summed E-state index contributed by atoms with van der Waals surface area (Å²) >= 11 is 0. The fraction of sp³-hybridized carbons (Fsp3) is 0.333. The molecule has 168 valence electrons. The lowest BCUT2D eigenvalue weighted by molar-refractivity contribution is -0.120. The third kappa shape index (κ3) is 5.34. The second-order valence-electron chi connectivity index (χ2n) is 8.27. The zero-order valence-corrected chi connectivity index (χ0v) is 19.0. The number of likely N-dealkylation sites (tertiary alicyclic amines) is 1. The number of anilines is 1. The van der Waals surface area contributed by atoms with Crippen LogP contribution < -0.4 is 5.32 Å². The van der Waals surface area contributed by atoms with E-state index in [9.17, 15) is 14.0 Å². The average Bonchev–Trinajstić information content (AvgIpc) is 2.81. The summed E-state index contributed by atoms with van der Waals surface area (Å²) in [5.74, 6) is -0.352. The van der Waals surface area contributed by atoms with Crippen LogP contribution in [-0.2, 0) is 4.79 Å². The van der Waals surface area contributed by atoms with E-state index in [0.717, 1.165) is 29.5 Å². The highest BCUT2D eigenvalue weighted by atomic mass is 19.1. The van der Waals surface area contributed by atoms with Crippen LogP contribution in [0, 0.1) is 6.92 Å². The van der Waals surface area contributed by atoms with Gasteiger partial charge >= 0.3 is 0 Å². The lowest BCUT2D eigenvalue weighted by Crippen LogP contribution is -2.38. The molecule has 2 amide bonds. The molecular weight excluding hydrogens is 403 g/mol. The second kappa shape index (κ2) is 10.4. The number of nitrogens with one attached hydrogen (secondary N) is 1. The van der Waals surface area contributed by atoms with Gasteiger partial charge in [0.05, 0.1) is 0 Å². The first-order chi connectivity index (χ1) is 15.3. The fourth-order valence-corrected chi connectivity index (χ4v) is 4.07. The van der Waals surface area contributed by atoms with Crippen LogP contribution in [0.3, 0.4) is 0 Å². The van der Waals surface area contributed by atoms with Gasteiger partial charge in [-0.25, -0.2) is 4.39 Å². The summed E-state index contributed by atoms with van der Waals surface area (Å²) in [6.07, 6.45) is 4.10. The van der Waals surface area contributed by atoms with Gasteiger partial charge in [-0.15, -0.1) is 0 Å². The minimum absolute atomic E-state index is 0.0636. The van der Waals surface area contributed by atoms with E-state index in [1.165, 1.54) is 12.5 Å². The van der Waals surface area contributed by atoms with Gasteiger partial charge in [0.25, 0.3) is 11.8 Å². The lowest BCUT2D eigenvalue weighted by atomic mass is 9.88. The van der Waals surface area contributed by atoms with Crippen LogP contribution in [0.2, 0.25) is 0 Å². The number of allylic oxidation sites excluding steroid dienone is 3. The van der Waals surface area contributed by atoms with Crippen molar-refractivity contribution in [2.75, 3.05) is 18.4 Å². The Morgan fingerprint density at radius 3 is 2.31 bits per heavy atom.